The molecule has 110 valence electrons. The van der Waals surface area contributed by atoms with Crippen LogP contribution in [0.25, 0.3) is 0 Å². The molecule has 0 aliphatic carbocycles. The monoisotopic (exact) mass is 282 g/mol. The van der Waals surface area contributed by atoms with Crippen LogP contribution in [0.5, 0.6) is 11.5 Å². The Morgan fingerprint density at radius 3 is 2.40 bits per heavy atom. The van der Waals surface area contributed by atoms with Crippen molar-refractivity contribution < 1.29 is 24.2 Å². The highest BCUT2D eigenvalue weighted by atomic mass is 16.5. The van der Waals surface area contributed by atoms with Gasteiger partial charge in [0.2, 0.25) is 0 Å². The molecule has 0 fully saturated rings. The smallest absolute Gasteiger partial charge is 0.326 e. The molecule has 0 unspecified atom stereocenters. The number of hydrogen-bond donors (Lipinski definition) is 3. The fourth-order valence-electron chi connectivity index (χ4n) is 1.58. The van der Waals surface area contributed by atoms with Crippen molar-refractivity contribution in [2.75, 3.05) is 19.5 Å². The molecule has 2 amide bonds. The molecule has 1 aromatic rings. The molecule has 7 nitrogen and oxygen atoms in total. The molecule has 1 aromatic carbocycles. The summed E-state index contributed by atoms with van der Waals surface area (Å²) in [6, 6.07) is 3.34. The minimum Gasteiger partial charge on any atom is -0.493 e. The summed E-state index contributed by atoms with van der Waals surface area (Å²) in [7, 11) is 3.00. The third kappa shape index (κ3) is 4.04. The van der Waals surface area contributed by atoms with E-state index in [9.17, 15) is 9.59 Å². The molecular formula is C13H18N2O5. The number of carboxylic acid groups (broad SMARTS) is 1. The predicted octanol–water partition coefficient (Wildman–Crippen LogP) is 1.69. The van der Waals surface area contributed by atoms with E-state index in [1.165, 1.54) is 14.2 Å². The SMILES string of the molecule is CC[C@@H](NC(=O)Nc1ccc(OC)c(OC)c1)C(=O)O. The minimum atomic E-state index is -1.07. The lowest BCUT2D eigenvalue weighted by Crippen LogP contribution is -2.42. The van der Waals surface area contributed by atoms with Gasteiger partial charge in [0.15, 0.2) is 11.5 Å². The highest BCUT2D eigenvalue weighted by Gasteiger charge is 2.17. The van der Waals surface area contributed by atoms with Crippen molar-refractivity contribution in [3.63, 3.8) is 0 Å². The van der Waals surface area contributed by atoms with Gasteiger partial charge < -0.3 is 25.2 Å². The minimum absolute atomic E-state index is 0.300. The van der Waals surface area contributed by atoms with E-state index >= 15 is 0 Å². The molecular weight excluding hydrogens is 264 g/mol. The van der Waals surface area contributed by atoms with Gasteiger partial charge in [-0.3, -0.25) is 0 Å². The Kier molecular flexibility index (Phi) is 5.64. The van der Waals surface area contributed by atoms with Gasteiger partial charge in [-0.25, -0.2) is 9.59 Å². The first-order valence-electron chi connectivity index (χ1n) is 6.04. The molecule has 0 aliphatic heterocycles. The molecule has 1 rings (SSSR count). The first kappa shape index (κ1) is 15.6. The second kappa shape index (κ2) is 7.22. The zero-order valence-corrected chi connectivity index (χ0v) is 11.6. The van der Waals surface area contributed by atoms with Gasteiger partial charge >= 0.3 is 12.0 Å². The third-order valence-electron chi connectivity index (χ3n) is 2.65. The Balaban J connectivity index is 2.73. The fraction of sp³-hybridized carbons (Fsp3) is 0.385. The molecule has 0 heterocycles. The fourth-order valence-corrected chi connectivity index (χ4v) is 1.58. The Bertz CT molecular complexity index is 490. The average Bonchev–Trinajstić information content (AvgIpc) is 2.44. The van der Waals surface area contributed by atoms with Crippen LogP contribution in [0, 0.1) is 0 Å². The van der Waals surface area contributed by atoms with E-state index in [-0.39, 0.29) is 0 Å². The van der Waals surface area contributed by atoms with Gasteiger partial charge in [0.05, 0.1) is 14.2 Å². The number of carboxylic acids is 1. The quantitative estimate of drug-likeness (QED) is 0.737. The summed E-state index contributed by atoms with van der Waals surface area (Å²) in [5.74, 6) is -0.0685. The zero-order valence-electron chi connectivity index (χ0n) is 11.6. The number of carbonyl (C=O) groups is 2. The molecule has 0 aromatic heterocycles. The lowest BCUT2D eigenvalue weighted by atomic mass is 10.2. The number of carbonyl (C=O) groups excluding carboxylic acids is 1. The van der Waals surface area contributed by atoms with Crippen molar-refractivity contribution in [3.05, 3.63) is 18.2 Å². The van der Waals surface area contributed by atoms with Crippen molar-refractivity contribution >= 4 is 17.7 Å². The van der Waals surface area contributed by atoms with Crippen LogP contribution >= 0.6 is 0 Å². The summed E-state index contributed by atoms with van der Waals surface area (Å²) < 4.78 is 10.2. The van der Waals surface area contributed by atoms with E-state index in [0.717, 1.165) is 0 Å². The third-order valence-corrected chi connectivity index (χ3v) is 2.65. The summed E-state index contributed by atoms with van der Waals surface area (Å²) in [6.45, 7) is 1.68. The van der Waals surface area contributed by atoms with Crippen molar-refractivity contribution in [1.29, 1.82) is 0 Å². The van der Waals surface area contributed by atoms with E-state index < -0.39 is 18.0 Å². The van der Waals surface area contributed by atoms with Crippen LogP contribution in [0.1, 0.15) is 13.3 Å². The van der Waals surface area contributed by atoms with Crippen LogP contribution in [-0.4, -0.2) is 37.4 Å². The van der Waals surface area contributed by atoms with Gasteiger partial charge in [-0.2, -0.15) is 0 Å². The standard InChI is InChI=1S/C13H18N2O5/c1-4-9(12(16)17)15-13(18)14-8-5-6-10(19-2)11(7-8)20-3/h5-7,9H,4H2,1-3H3,(H,16,17)(H2,14,15,18)/t9-/m1/s1. The van der Waals surface area contributed by atoms with Crippen LogP contribution < -0.4 is 20.1 Å². The lowest BCUT2D eigenvalue weighted by Gasteiger charge is -2.14. The van der Waals surface area contributed by atoms with Gasteiger partial charge in [0.25, 0.3) is 0 Å². The topological polar surface area (TPSA) is 96.9 Å². The highest BCUT2D eigenvalue weighted by Crippen LogP contribution is 2.29. The largest absolute Gasteiger partial charge is 0.493 e. The number of aliphatic carboxylic acids is 1. The van der Waals surface area contributed by atoms with E-state index in [2.05, 4.69) is 10.6 Å². The van der Waals surface area contributed by atoms with Crippen LogP contribution in [0.4, 0.5) is 10.5 Å². The molecule has 0 aliphatic rings. The molecule has 3 N–H and O–H groups in total. The summed E-state index contributed by atoms with van der Waals surface area (Å²) >= 11 is 0. The maximum absolute atomic E-state index is 11.7. The van der Waals surface area contributed by atoms with Gasteiger partial charge in [-0.05, 0) is 18.6 Å². The number of amides is 2. The highest BCUT2D eigenvalue weighted by molar-refractivity contribution is 5.92. The molecule has 0 saturated heterocycles. The second-order valence-electron chi connectivity index (χ2n) is 3.97. The summed E-state index contributed by atoms with van der Waals surface area (Å²) in [4.78, 5) is 22.5. The first-order chi connectivity index (χ1) is 9.51. The van der Waals surface area contributed by atoms with E-state index in [4.69, 9.17) is 14.6 Å². The summed E-state index contributed by atoms with van der Waals surface area (Å²) in [5, 5.41) is 13.8. The summed E-state index contributed by atoms with van der Waals surface area (Å²) in [5.41, 5.74) is 0.473. The number of urea groups is 1. The number of nitrogens with one attached hydrogen (secondary N) is 2. The maximum Gasteiger partial charge on any atom is 0.326 e. The van der Waals surface area contributed by atoms with Crippen molar-refractivity contribution in [3.8, 4) is 11.5 Å². The lowest BCUT2D eigenvalue weighted by molar-refractivity contribution is -0.139. The van der Waals surface area contributed by atoms with Crippen molar-refractivity contribution in [1.82, 2.24) is 5.32 Å². The predicted molar refractivity (Wildman–Crippen MR) is 73.4 cm³/mol. The van der Waals surface area contributed by atoms with Gasteiger partial charge in [-0.15, -0.1) is 0 Å². The number of benzene rings is 1. The van der Waals surface area contributed by atoms with Crippen molar-refractivity contribution in [2.45, 2.75) is 19.4 Å². The Morgan fingerprint density at radius 1 is 1.25 bits per heavy atom. The molecule has 0 spiro atoms. The second-order valence-corrected chi connectivity index (χ2v) is 3.97. The van der Waals surface area contributed by atoms with Gasteiger partial charge in [0, 0.05) is 11.8 Å². The van der Waals surface area contributed by atoms with Crippen LogP contribution in [-0.2, 0) is 4.79 Å². The maximum atomic E-state index is 11.7. The Hall–Kier alpha value is -2.44. The van der Waals surface area contributed by atoms with E-state index in [0.29, 0.717) is 23.6 Å². The Labute approximate surface area is 116 Å². The average molecular weight is 282 g/mol. The van der Waals surface area contributed by atoms with Crippen LogP contribution in [0.3, 0.4) is 0 Å². The zero-order chi connectivity index (χ0) is 15.1. The number of anilines is 1. The number of hydrogen-bond acceptors (Lipinski definition) is 4. The van der Waals surface area contributed by atoms with E-state index in [1.807, 2.05) is 0 Å². The first-order valence-corrected chi connectivity index (χ1v) is 6.04. The van der Waals surface area contributed by atoms with Gasteiger partial charge in [-0.1, -0.05) is 6.92 Å². The molecule has 0 radical (unpaired) electrons. The van der Waals surface area contributed by atoms with Crippen molar-refractivity contribution in [2.24, 2.45) is 0 Å². The van der Waals surface area contributed by atoms with Gasteiger partial charge in [0.1, 0.15) is 6.04 Å². The number of rotatable bonds is 6. The number of methoxy groups -OCH3 is 2. The van der Waals surface area contributed by atoms with Crippen LogP contribution in [0.2, 0.25) is 0 Å². The van der Waals surface area contributed by atoms with E-state index in [1.54, 1.807) is 25.1 Å². The number of ether oxygens (including phenoxy) is 2. The Morgan fingerprint density at radius 2 is 1.90 bits per heavy atom. The molecule has 1 atom stereocenters. The van der Waals surface area contributed by atoms with Crippen LogP contribution in [0.15, 0.2) is 18.2 Å². The molecule has 0 bridgehead atoms. The normalized spacial score (nSPS) is 11.3. The summed E-state index contributed by atoms with van der Waals surface area (Å²) in [6.07, 6.45) is 0.300. The molecule has 20 heavy (non-hydrogen) atoms. The molecule has 0 saturated carbocycles. The molecule has 7 heteroatoms.